The summed E-state index contributed by atoms with van der Waals surface area (Å²) < 4.78 is 9.61. The largest absolute Gasteiger partial charge is 0.468 e. The third-order valence-corrected chi connectivity index (χ3v) is 3.38. The van der Waals surface area contributed by atoms with Crippen LogP contribution in [-0.4, -0.2) is 44.7 Å². The number of esters is 2. The Bertz CT molecular complexity index is 550. The summed E-state index contributed by atoms with van der Waals surface area (Å²) in [4.78, 5) is 25.8. The minimum absolute atomic E-state index is 0.355. The molecule has 0 spiro atoms. The van der Waals surface area contributed by atoms with Gasteiger partial charge in [-0.3, -0.25) is 4.79 Å². The van der Waals surface area contributed by atoms with Crippen LogP contribution < -0.4 is 0 Å². The molecule has 1 aliphatic rings. The van der Waals surface area contributed by atoms with E-state index in [0.29, 0.717) is 17.8 Å². The molecular formula is C15H17NO4. The first-order chi connectivity index (χ1) is 9.60. The Morgan fingerprint density at radius 3 is 2.35 bits per heavy atom. The molecule has 0 radical (unpaired) electrons. The van der Waals surface area contributed by atoms with Crippen LogP contribution in [0.4, 0.5) is 0 Å². The fourth-order valence-electron chi connectivity index (χ4n) is 2.48. The van der Waals surface area contributed by atoms with Crippen molar-refractivity contribution in [2.24, 2.45) is 5.92 Å². The van der Waals surface area contributed by atoms with Crippen molar-refractivity contribution in [2.75, 3.05) is 27.8 Å². The number of methoxy groups -OCH3 is 2. The van der Waals surface area contributed by atoms with Crippen molar-refractivity contribution in [2.45, 2.75) is 0 Å². The van der Waals surface area contributed by atoms with Gasteiger partial charge in [0.1, 0.15) is 5.92 Å². The van der Waals surface area contributed by atoms with Crippen LogP contribution in [-0.2, 0) is 19.1 Å². The van der Waals surface area contributed by atoms with Gasteiger partial charge in [0.2, 0.25) is 0 Å². The zero-order valence-electron chi connectivity index (χ0n) is 11.8. The van der Waals surface area contributed by atoms with Gasteiger partial charge in [-0.2, -0.15) is 0 Å². The van der Waals surface area contributed by atoms with E-state index in [2.05, 4.69) is 0 Å². The van der Waals surface area contributed by atoms with Gasteiger partial charge in [0.05, 0.1) is 25.5 Å². The summed E-state index contributed by atoms with van der Waals surface area (Å²) in [6.07, 6.45) is 0. The Morgan fingerprint density at radius 2 is 1.80 bits per heavy atom. The highest BCUT2D eigenvalue weighted by Gasteiger charge is 2.40. The maximum Gasteiger partial charge on any atom is 0.336 e. The number of rotatable bonds is 3. The van der Waals surface area contributed by atoms with Gasteiger partial charge in [-0.1, -0.05) is 30.3 Å². The van der Waals surface area contributed by atoms with Gasteiger partial charge in [-0.05, 0) is 5.56 Å². The molecule has 0 amide bonds. The maximum atomic E-state index is 12.1. The van der Waals surface area contributed by atoms with Crippen molar-refractivity contribution in [3.8, 4) is 0 Å². The quantitative estimate of drug-likeness (QED) is 0.778. The van der Waals surface area contributed by atoms with E-state index in [9.17, 15) is 9.59 Å². The van der Waals surface area contributed by atoms with E-state index in [1.807, 2.05) is 42.3 Å². The minimum Gasteiger partial charge on any atom is -0.468 e. The third kappa shape index (κ3) is 2.39. The van der Waals surface area contributed by atoms with Crippen LogP contribution in [0.15, 0.2) is 35.9 Å². The first-order valence-electron chi connectivity index (χ1n) is 6.27. The Balaban J connectivity index is 2.56. The van der Waals surface area contributed by atoms with Crippen LogP contribution in [0, 0.1) is 5.92 Å². The monoisotopic (exact) mass is 275 g/mol. The summed E-state index contributed by atoms with van der Waals surface area (Å²) in [7, 11) is 4.47. The van der Waals surface area contributed by atoms with Crippen LogP contribution in [0.5, 0.6) is 0 Å². The molecule has 1 aromatic carbocycles. The molecule has 0 saturated carbocycles. The number of hydrogen-bond acceptors (Lipinski definition) is 5. The lowest BCUT2D eigenvalue weighted by Crippen LogP contribution is -2.25. The fraction of sp³-hybridized carbons (Fsp3) is 0.333. The van der Waals surface area contributed by atoms with E-state index in [4.69, 9.17) is 9.47 Å². The van der Waals surface area contributed by atoms with Gasteiger partial charge in [-0.15, -0.1) is 0 Å². The van der Waals surface area contributed by atoms with Crippen molar-refractivity contribution in [1.82, 2.24) is 4.90 Å². The predicted molar refractivity (Wildman–Crippen MR) is 73.5 cm³/mol. The van der Waals surface area contributed by atoms with Crippen molar-refractivity contribution in [3.63, 3.8) is 0 Å². The molecule has 0 aromatic heterocycles. The van der Waals surface area contributed by atoms with Gasteiger partial charge >= 0.3 is 11.9 Å². The fourth-order valence-corrected chi connectivity index (χ4v) is 2.48. The van der Waals surface area contributed by atoms with E-state index < -0.39 is 17.9 Å². The lowest BCUT2D eigenvalue weighted by Gasteiger charge is -2.16. The molecule has 1 aliphatic heterocycles. The van der Waals surface area contributed by atoms with E-state index in [1.54, 1.807) is 0 Å². The zero-order valence-corrected chi connectivity index (χ0v) is 11.8. The lowest BCUT2D eigenvalue weighted by molar-refractivity contribution is -0.147. The molecule has 5 heteroatoms. The van der Waals surface area contributed by atoms with Crippen LogP contribution in [0.1, 0.15) is 5.56 Å². The average Bonchev–Trinajstić information content (AvgIpc) is 2.84. The van der Waals surface area contributed by atoms with Crippen LogP contribution >= 0.6 is 0 Å². The average molecular weight is 275 g/mol. The number of ether oxygens (including phenoxy) is 2. The Morgan fingerprint density at radius 1 is 1.15 bits per heavy atom. The SMILES string of the molecule is COC(=O)C1=C(c2ccccc2)N(C)CC1C(=O)OC. The topological polar surface area (TPSA) is 55.8 Å². The van der Waals surface area contributed by atoms with E-state index >= 15 is 0 Å². The molecule has 1 aromatic rings. The summed E-state index contributed by atoms with van der Waals surface area (Å²) in [6.45, 7) is 0.404. The molecule has 20 heavy (non-hydrogen) atoms. The van der Waals surface area contributed by atoms with Crippen molar-refractivity contribution in [1.29, 1.82) is 0 Å². The van der Waals surface area contributed by atoms with Gasteiger partial charge in [-0.25, -0.2) is 4.79 Å². The van der Waals surface area contributed by atoms with Crippen molar-refractivity contribution >= 4 is 17.6 Å². The summed E-state index contributed by atoms with van der Waals surface area (Å²) >= 11 is 0. The number of carbonyl (C=O) groups is 2. The van der Waals surface area contributed by atoms with E-state index in [0.717, 1.165) is 5.56 Å². The molecule has 1 atom stereocenters. The molecule has 0 aliphatic carbocycles. The first kappa shape index (κ1) is 14.1. The highest BCUT2D eigenvalue weighted by Crippen LogP contribution is 2.35. The van der Waals surface area contributed by atoms with E-state index in [-0.39, 0.29) is 0 Å². The van der Waals surface area contributed by atoms with Crippen LogP contribution in [0.25, 0.3) is 5.70 Å². The Hall–Kier alpha value is -2.30. The summed E-state index contributed by atoms with van der Waals surface area (Å²) in [6, 6.07) is 9.46. The number of benzene rings is 1. The molecule has 106 valence electrons. The second-order valence-corrected chi connectivity index (χ2v) is 4.58. The molecule has 0 N–H and O–H groups in total. The predicted octanol–water partition coefficient (Wildman–Crippen LogP) is 1.31. The van der Waals surface area contributed by atoms with Gasteiger partial charge in [0, 0.05) is 13.6 Å². The first-order valence-corrected chi connectivity index (χ1v) is 6.27. The van der Waals surface area contributed by atoms with Crippen LogP contribution in [0.2, 0.25) is 0 Å². The molecular weight excluding hydrogens is 258 g/mol. The van der Waals surface area contributed by atoms with E-state index in [1.165, 1.54) is 14.2 Å². The van der Waals surface area contributed by atoms with Gasteiger partial charge in [0.25, 0.3) is 0 Å². The molecule has 2 rings (SSSR count). The zero-order chi connectivity index (χ0) is 14.7. The molecule has 1 heterocycles. The molecule has 1 unspecified atom stereocenters. The summed E-state index contributed by atoms with van der Waals surface area (Å²) in [5.41, 5.74) is 1.95. The summed E-state index contributed by atoms with van der Waals surface area (Å²) in [5, 5.41) is 0. The van der Waals surface area contributed by atoms with Gasteiger partial charge < -0.3 is 14.4 Å². The third-order valence-electron chi connectivity index (χ3n) is 3.38. The number of carbonyl (C=O) groups excluding carboxylic acids is 2. The highest BCUT2D eigenvalue weighted by molar-refractivity contribution is 6.04. The lowest BCUT2D eigenvalue weighted by atomic mass is 9.98. The molecule has 0 bridgehead atoms. The standard InChI is InChI=1S/C15H17NO4/c1-16-9-11(14(17)19-2)12(15(18)20-3)13(16)10-7-5-4-6-8-10/h4-8,11H,9H2,1-3H3. The molecule has 0 fully saturated rings. The number of hydrogen-bond donors (Lipinski definition) is 0. The highest BCUT2D eigenvalue weighted by atomic mass is 16.5. The molecule has 0 saturated heterocycles. The minimum atomic E-state index is -0.618. The Kier molecular flexibility index (Phi) is 4.08. The Labute approximate surface area is 117 Å². The van der Waals surface area contributed by atoms with Crippen molar-refractivity contribution in [3.05, 3.63) is 41.5 Å². The summed E-state index contributed by atoms with van der Waals surface area (Å²) in [5.74, 6) is -1.54. The maximum absolute atomic E-state index is 12.1. The van der Waals surface area contributed by atoms with Gasteiger partial charge in [0.15, 0.2) is 0 Å². The smallest absolute Gasteiger partial charge is 0.336 e. The molecule has 5 nitrogen and oxygen atoms in total. The van der Waals surface area contributed by atoms with Crippen LogP contribution in [0.3, 0.4) is 0 Å². The second kappa shape index (κ2) is 5.77. The number of nitrogens with zero attached hydrogens (tertiary/aromatic N) is 1. The second-order valence-electron chi connectivity index (χ2n) is 4.58. The normalized spacial score (nSPS) is 18.1. The van der Waals surface area contributed by atoms with Crippen molar-refractivity contribution < 1.29 is 19.1 Å².